The van der Waals surface area contributed by atoms with E-state index in [0.29, 0.717) is 8.58 Å². The van der Waals surface area contributed by atoms with Crippen LogP contribution in [0.1, 0.15) is 0 Å². The van der Waals surface area contributed by atoms with Crippen molar-refractivity contribution in [2.24, 2.45) is 0 Å². The molecule has 0 amide bonds. The Bertz CT molecular complexity index is 48.6. The molecule has 0 aromatic heterocycles. The van der Waals surface area contributed by atoms with Gasteiger partial charge in [-0.15, -0.1) is 8.58 Å². The SMILES string of the molecule is CPCC(O)(O)O. The van der Waals surface area contributed by atoms with Crippen molar-refractivity contribution in [3.63, 3.8) is 0 Å². The molecule has 0 aromatic rings. The molecule has 0 heterocycles. The minimum atomic E-state index is -2.44. The maximum Gasteiger partial charge on any atom is 0.279 e. The summed E-state index contributed by atoms with van der Waals surface area (Å²) in [5.74, 6) is -2.44. The highest BCUT2D eigenvalue weighted by Gasteiger charge is 2.14. The van der Waals surface area contributed by atoms with Crippen LogP contribution >= 0.6 is 8.58 Å². The van der Waals surface area contributed by atoms with Gasteiger partial charge < -0.3 is 15.3 Å². The van der Waals surface area contributed by atoms with Gasteiger partial charge in [-0.1, -0.05) is 0 Å². The molecule has 0 radical (unpaired) electrons. The predicted molar refractivity (Wildman–Crippen MR) is 28.5 cm³/mol. The normalized spacial score (nSPS) is 13.7. The monoisotopic (exact) mass is 124 g/mol. The lowest BCUT2D eigenvalue weighted by Gasteiger charge is -2.10. The van der Waals surface area contributed by atoms with E-state index in [1.807, 2.05) is 0 Å². The lowest BCUT2D eigenvalue weighted by molar-refractivity contribution is -0.293. The Labute approximate surface area is 43.8 Å². The number of hydrogen-bond donors (Lipinski definition) is 3. The molecule has 0 saturated carbocycles. The molecule has 0 rings (SSSR count). The van der Waals surface area contributed by atoms with Crippen LogP contribution in [0.15, 0.2) is 0 Å². The third-order valence-corrected chi connectivity index (χ3v) is 1.24. The molecular weight excluding hydrogens is 115 g/mol. The van der Waals surface area contributed by atoms with Gasteiger partial charge in [-0.05, 0) is 6.66 Å². The average molecular weight is 124 g/mol. The summed E-state index contributed by atoms with van der Waals surface area (Å²) in [6, 6.07) is 0. The summed E-state index contributed by atoms with van der Waals surface area (Å²) >= 11 is 0. The fraction of sp³-hybridized carbons (Fsp3) is 1.00. The Morgan fingerprint density at radius 2 is 1.86 bits per heavy atom. The van der Waals surface area contributed by atoms with Crippen LogP contribution < -0.4 is 0 Å². The fourth-order valence-electron chi connectivity index (χ4n) is 0.237. The molecule has 0 aliphatic carbocycles. The molecule has 7 heavy (non-hydrogen) atoms. The van der Waals surface area contributed by atoms with E-state index in [9.17, 15) is 0 Å². The van der Waals surface area contributed by atoms with Gasteiger partial charge >= 0.3 is 0 Å². The molecule has 1 atom stereocenters. The number of aliphatic hydroxyl groups is 3. The van der Waals surface area contributed by atoms with Crippen molar-refractivity contribution in [2.75, 3.05) is 12.8 Å². The summed E-state index contributed by atoms with van der Waals surface area (Å²) in [5, 5.41) is 24.4. The Balaban J connectivity index is 3.15. The van der Waals surface area contributed by atoms with Crippen LogP contribution in [-0.2, 0) is 0 Å². The van der Waals surface area contributed by atoms with Crippen LogP contribution in [0, 0.1) is 0 Å². The lowest BCUT2D eigenvalue weighted by atomic mass is 10.7. The second-order valence-electron chi connectivity index (χ2n) is 1.30. The molecular formula is C3H9O3P. The van der Waals surface area contributed by atoms with Crippen LogP contribution in [-0.4, -0.2) is 34.1 Å². The maximum absolute atomic E-state index is 8.14. The number of rotatable bonds is 2. The number of hydrogen-bond acceptors (Lipinski definition) is 3. The minimum absolute atomic E-state index is 0.0347. The van der Waals surface area contributed by atoms with Crippen LogP contribution in [0.3, 0.4) is 0 Å². The first-order valence-corrected chi connectivity index (χ1v) is 3.59. The van der Waals surface area contributed by atoms with Crippen molar-refractivity contribution >= 4 is 8.58 Å². The first-order chi connectivity index (χ1) is 3.06. The molecule has 1 unspecified atom stereocenters. The van der Waals surface area contributed by atoms with E-state index in [4.69, 9.17) is 15.3 Å². The average Bonchev–Trinajstić information content (AvgIpc) is 1.30. The van der Waals surface area contributed by atoms with Gasteiger partial charge in [-0.25, -0.2) is 0 Å². The Morgan fingerprint density at radius 1 is 1.43 bits per heavy atom. The Kier molecular flexibility index (Phi) is 2.69. The van der Waals surface area contributed by atoms with Crippen LogP contribution in [0.4, 0.5) is 0 Å². The highest BCUT2D eigenvalue weighted by atomic mass is 31.1. The molecule has 4 heteroatoms. The molecule has 0 spiro atoms. The molecule has 0 aromatic carbocycles. The van der Waals surface area contributed by atoms with E-state index >= 15 is 0 Å². The van der Waals surface area contributed by atoms with Gasteiger partial charge in [0.15, 0.2) is 0 Å². The van der Waals surface area contributed by atoms with Gasteiger partial charge in [-0.3, -0.25) is 0 Å². The van der Waals surface area contributed by atoms with Crippen LogP contribution in [0.5, 0.6) is 0 Å². The predicted octanol–water partition coefficient (Wildman–Crippen LogP) is -1.07. The zero-order chi connectivity index (χ0) is 5.91. The van der Waals surface area contributed by atoms with E-state index in [1.165, 1.54) is 0 Å². The summed E-state index contributed by atoms with van der Waals surface area (Å²) in [5.41, 5.74) is 0. The third-order valence-electron chi connectivity index (χ3n) is 0.414. The van der Waals surface area contributed by atoms with Crippen LogP contribution in [0.2, 0.25) is 0 Å². The Hall–Kier alpha value is 0.310. The van der Waals surface area contributed by atoms with E-state index in [1.54, 1.807) is 6.66 Å². The molecule has 3 nitrogen and oxygen atoms in total. The second kappa shape index (κ2) is 2.58. The van der Waals surface area contributed by atoms with Crippen molar-refractivity contribution < 1.29 is 15.3 Å². The van der Waals surface area contributed by atoms with Crippen molar-refractivity contribution in [1.82, 2.24) is 0 Å². The van der Waals surface area contributed by atoms with Crippen molar-refractivity contribution in [3.8, 4) is 0 Å². The third kappa shape index (κ3) is 6.31. The molecule has 44 valence electrons. The molecule has 0 saturated heterocycles. The molecule has 0 aliphatic heterocycles. The van der Waals surface area contributed by atoms with E-state index in [0.717, 1.165) is 0 Å². The summed E-state index contributed by atoms with van der Waals surface area (Å²) in [6.45, 7) is 1.78. The van der Waals surface area contributed by atoms with Gasteiger partial charge in [0.05, 0.1) is 0 Å². The standard InChI is InChI=1S/C3H9O3P/c1-7-2-3(4,5)6/h4-7H,2H2,1H3. The van der Waals surface area contributed by atoms with Gasteiger partial charge in [0.1, 0.15) is 0 Å². The fourth-order valence-corrected chi connectivity index (χ4v) is 0.712. The van der Waals surface area contributed by atoms with Crippen molar-refractivity contribution in [2.45, 2.75) is 5.97 Å². The van der Waals surface area contributed by atoms with Gasteiger partial charge in [0, 0.05) is 6.16 Å². The first-order valence-electron chi connectivity index (χ1n) is 1.88. The quantitative estimate of drug-likeness (QED) is 0.324. The molecule has 0 fully saturated rings. The Morgan fingerprint density at radius 3 is 1.86 bits per heavy atom. The summed E-state index contributed by atoms with van der Waals surface area (Å²) < 4.78 is 0. The van der Waals surface area contributed by atoms with Gasteiger partial charge in [0.25, 0.3) is 5.97 Å². The zero-order valence-corrected chi connectivity index (χ0v) is 5.05. The van der Waals surface area contributed by atoms with E-state index in [-0.39, 0.29) is 6.16 Å². The smallest absolute Gasteiger partial charge is 0.279 e. The maximum atomic E-state index is 8.14. The highest BCUT2D eigenvalue weighted by molar-refractivity contribution is 7.37. The molecule has 0 aliphatic rings. The summed E-state index contributed by atoms with van der Waals surface area (Å²) in [4.78, 5) is 0. The second-order valence-corrected chi connectivity index (χ2v) is 2.37. The van der Waals surface area contributed by atoms with Crippen LogP contribution in [0.25, 0.3) is 0 Å². The summed E-state index contributed by atoms with van der Waals surface area (Å²) in [7, 11) is 0.359. The lowest BCUT2D eigenvalue weighted by Crippen LogP contribution is -2.29. The first kappa shape index (κ1) is 7.31. The minimum Gasteiger partial charge on any atom is -0.343 e. The van der Waals surface area contributed by atoms with Gasteiger partial charge in [0.2, 0.25) is 0 Å². The molecule has 0 bridgehead atoms. The van der Waals surface area contributed by atoms with E-state index < -0.39 is 5.97 Å². The van der Waals surface area contributed by atoms with Gasteiger partial charge in [-0.2, -0.15) is 0 Å². The topological polar surface area (TPSA) is 60.7 Å². The van der Waals surface area contributed by atoms with Crippen molar-refractivity contribution in [3.05, 3.63) is 0 Å². The molecule has 3 N–H and O–H groups in total. The van der Waals surface area contributed by atoms with E-state index in [2.05, 4.69) is 0 Å². The largest absolute Gasteiger partial charge is 0.343 e. The van der Waals surface area contributed by atoms with Crippen molar-refractivity contribution in [1.29, 1.82) is 0 Å². The summed E-state index contributed by atoms with van der Waals surface area (Å²) in [6.07, 6.45) is 0.0347. The highest BCUT2D eigenvalue weighted by Crippen LogP contribution is 2.08. The zero-order valence-electron chi connectivity index (χ0n) is 4.05.